The van der Waals surface area contributed by atoms with E-state index >= 15 is 0 Å². The number of carbonyl (C=O) groups excluding carboxylic acids is 1. The van der Waals surface area contributed by atoms with Gasteiger partial charge < -0.3 is 9.47 Å². The summed E-state index contributed by atoms with van der Waals surface area (Å²) in [4.78, 5) is 12.6. The second-order valence-corrected chi connectivity index (χ2v) is 8.96. The minimum atomic E-state index is -1.19. The summed E-state index contributed by atoms with van der Waals surface area (Å²) in [5.74, 6) is -2.86. The van der Waals surface area contributed by atoms with E-state index in [1.807, 2.05) is 13.0 Å². The minimum Gasteiger partial charge on any atom is -0.491 e. The van der Waals surface area contributed by atoms with Crippen molar-refractivity contribution in [2.24, 2.45) is 5.92 Å². The second kappa shape index (κ2) is 11.5. The first-order valence-electron chi connectivity index (χ1n) is 12.3. The maximum atomic E-state index is 14.9. The number of carbonyl (C=O) groups is 1. The van der Waals surface area contributed by atoms with Gasteiger partial charge in [0.25, 0.3) is 0 Å². The summed E-state index contributed by atoms with van der Waals surface area (Å²) in [7, 11) is 0. The summed E-state index contributed by atoms with van der Waals surface area (Å²) >= 11 is 0. The van der Waals surface area contributed by atoms with E-state index in [4.69, 9.17) is 9.47 Å². The van der Waals surface area contributed by atoms with Crippen molar-refractivity contribution in [3.8, 4) is 22.6 Å². The van der Waals surface area contributed by atoms with Crippen LogP contribution >= 0.6 is 0 Å². The van der Waals surface area contributed by atoms with Gasteiger partial charge in [-0.05, 0) is 98.4 Å². The van der Waals surface area contributed by atoms with Gasteiger partial charge in [0, 0.05) is 0 Å². The molecule has 0 saturated heterocycles. The van der Waals surface area contributed by atoms with Gasteiger partial charge in [0.2, 0.25) is 0 Å². The maximum absolute atomic E-state index is 14.9. The number of hydrogen-bond donors (Lipinski definition) is 0. The summed E-state index contributed by atoms with van der Waals surface area (Å²) in [5, 5.41) is 0. The summed E-state index contributed by atoms with van der Waals surface area (Å²) in [6.45, 7) is 4.12. The van der Waals surface area contributed by atoms with Crippen LogP contribution in [0.5, 0.6) is 11.5 Å². The van der Waals surface area contributed by atoms with Gasteiger partial charge in [-0.1, -0.05) is 36.4 Å². The molecule has 0 aromatic heterocycles. The Labute approximate surface area is 209 Å². The van der Waals surface area contributed by atoms with Crippen molar-refractivity contribution < 1.29 is 27.4 Å². The molecule has 1 saturated carbocycles. The Morgan fingerprint density at radius 2 is 1.61 bits per heavy atom. The lowest BCUT2D eigenvalue weighted by atomic mass is 9.78. The predicted octanol–water partition coefficient (Wildman–Crippen LogP) is 8.24. The molecule has 1 fully saturated rings. The smallest absolute Gasteiger partial charge is 0.346 e. The summed E-state index contributed by atoms with van der Waals surface area (Å²) in [5.41, 5.74) is 1.19. The number of ether oxygens (including phenoxy) is 2. The Balaban J connectivity index is 1.44. The van der Waals surface area contributed by atoms with Gasteiger partial charge in [0.15, 0.2) is 23.2 Å². The first-order chi connectivity index (χ1) is 17.4. The fourth-order valence-corrected chi connectivity index (χ4v) is 4.76. The molecule has 3 nitrogen and oxygen atoms in total. The van der Waals surface area contributed by atoms with Crippen molar-refractivity contribution in [1.29, 1.82) is 0 Å². The summed E-state index contributed by atoms with van der Waals surface area (Å²) in [6.07, 6.45) is 7.60. The molecule has 0 heterocycles. The molecule has 3 aromatic rings. The average Bonchev–Trinajstić information content (AvgIpc) is 2.88. The number of benzene rings is 3. The summed E-state index contributed by atoms with van der Waals surface area (Å²) in [6, 6.07) is 13.8. The van der Waals surface area contributed by atoms with E-state index in [1.54, 1.807) is 31.2 Å². The molecule has 188 valence electrons. The van der Waals surface area contributed by atoms with Crippen LogP contribution in [0.15, 0.2) is 66.7 Å². The molecule has 1 aliphatic rings. The van der Waals surface area contributed by atoms with E-state index in [2.05, 4.69) is 6.08 Å². The lowest BCUT2D eigenvalue weighted by molar-refractivity contribution is 0.0728. The Morgan fingerprint density at radius 3 is 2.25 bits per heavy atom. The third-order valence-electron chi connectivity index (χ3n) is 6.64. The van der Waals surface area contributed by atoms with Crippen LogP contribution in [-0.4, -0.2) is 12.6 Å². The quantitative estimate of drug-likeness (QED) is 0.188. The molecule has 0 atom stereocenters. The SMILES string of the molecule is C/C=C/C1CCC(c2ccc(C(=O)Oc3ccc(-c4ccc(OCC)c(F)c4)cc3)c(F)c2F)CC1. The van der Waals surface area contributed by atoms with Crippen LogP contribution in [0.25, 0.3) is 11.1 Å². The van der Waals surface area contributed by atoms with Gasteiger partial charge in [-0.15, -0.1) is 0 Å². The largest absolute Gasteiger partial charge is 0.491 e. The van der Waals surface area contributed by atoms with Crippen LogP contribution in [0.4, 0.5) is 13.2 Å². The highest BCUT2D eigenvalue weighted by Crippen LogP contribution is 2.38. The zero-order valence-electron chi connectivity index (χ0n) is 20.4. The Hall–Kier alpha value is -3.54. The van der Waals surface area contributed by atoms with Crippen molar-refractivity contribution in [3.05, 3.63) is 95.3 Å². The van der Waals surface area contributed by atoms with Crippen LogP contribution in [-0.2, 0) is 0 Å². The molecule has 3 aromatic carbocycles. The molecule has 0 amide bonds. The van der Waals surface area contributed by atoms with Crippen LogP contribution in [0.1, 0.15) is 61.4 Å². The number of hydrogen-bond acceptors (Lipinski definition) is 3. The number of halogens is 3. The first-order valence-corrected chi connectivity index (χ1v) is 12.3. The standard InChI is InChI=1S/C30H29F3O3/c1-3-5-19-6-8-21(9-7-19)24-15-16-25(29(33)28(24)32)30(34)36-23-13-10-20(11-14-23)22-12-17-27(35-4-2)26(31)18-22/h3,5,10-19,21H,4,6-9H2,1-2H3/b5-3+. The number of esters is 1. The molecular weight excluding hydrogens is 465 g/mol. The van der Waals surface area contributed by atoms with E-state index < -0.39 is 29.0 Å². The normalized spacial score (nSPS) is 17.8. The van der Waals surface area contributed by atoms with Crippen molar-refractivity contribution in [2.45, 2.75) is 45.4 Å². The van der Waals surface area contributed by atoms with Gasteiger partial charge in [-0.2, -0.15) is 0 Å². The molecule has 0 aliphatic heterocycles. The topological polar surface area (TPSA) is 35.5 Å². The first kappa shape index (κ1) is 25.5. The Morgan fingerprint density at radius 1 is 0.917 bits per heavy atom. The summed E-state index contributed by atoms with van der Waals surface area (Å²) < 4.78 is 54.4. The van der Waals surface area contributed by atoms with Crippen LogP contribution in [0, 0.1) is 23.4 Å². The molecule has 1 aliphatic carbocycles. The monoisotopic (exact) mass is 494 g/mol. The molecule has 4 rings (SSSR count). The maximum Gasteiger partial charge on any atom is 0.346 e. The number of allylic oxidation sites excluding steroid dienone is 2. The van der Waals surface area contributed by atoms with E-state index in [-0.39, 0.29) is 17.4 Å². The van der Waals surface area contributed by atoms with Gasteiger partial charge in [-0.25, -0.2) is 18.0 Å². The molecule has 0 radical (unpaired) electrons. The minimum absolute atomic E-state index is 0.0638. The number of rotatable bonds is 7. The van der Waals surface area contributed by atoms with Crippen LogP contribution in [0.2, 0.25) is 0 Å². The van der Waals surface area contributed by atoms with E-state index in [9.17, 15) is 18.0 Å². The zero-order chi connectivity index (χ0) is 25.7. The van der Waals surface area contributed by atoms with Crippen molar-refractivity contribution in [3.63, 3.8) is 0 Å². The molecule has 0 N–H and O–H groups in total. The molecule has 0 bridgehead atoms. The lowest BCUT2D eigenvalue weighted by Gasteiger charge is -2.27. The van der Waals surface area contributed by atoms with Gasteiger partial charge >= 0.3 is 5.97 Å². The van der Waals surface area contributed by atoms with Crippen LogP contribution in [0.3, 0.4) is 0 Å². The average molecular weight is 495 g/mol. The lowest BCUT2D eigenvalue weighted by Crippen LogP contribution is -2.16. The van der Waals surface area contributed by atoms with Crippen molar-refractivity contribution >= 4 is 5.97 Å². The zero-order valence-corrected chi connectivity index (χ0v) is 20.4. The highest BCUT2D eigenvalue weighted by atomic mass is 19.2. The van der Waals surface area contributed by atoms with Gasteiger partial charge in [0.05, 0.1) is 12.2 Å². The molecular formula is C30H29F3O3. The fraction of sp³-hybridized carbons (Fsp3) is 0.300. The van der Waals surface area contributed by atoms with Gasteiger partial charge in [0.1, 0.15) is 5.75 Å². The van der Waals surface area contributed by atoms with Gasteiger partial charge in [-0.3, -0.25) is 0 Å². The van der Waals surface area contributed by atoms with Crippen molar-refractivity contribution in [2.75, 3.05) is 6.61 Å². The molecule has 36 heavy (non-hydrogen) atoms. The van der Waals surface area contributed by atoms with E-state index in [0.717, 1.165) is 25.7 Å². The Bertz CT molecular complexity index is 1240. The molecule has 0 unspecified atom stereocenters. The molecule has 6 heteroatoms. The second-order valence-electron chi connectivity index (χ2n) is 8.96. The molecule has 0 spiro atoms. The van der Waals surface area contributed by atoms with Crippen molar-refractivity contribution in [1.82, 2.24) is 0 Å². The highest BCUT2D eigenvalue weighted by Gasteiger charge is 2.27. The third-order valence-corrected chi connectivity index (χ3v) is 6.64. The Kier molecular flexibility index (Phi) is 8.14. The highest BCUT2D eigenvalue weighted by molar-refractivity contribution is 5.91. The predicted molar refractivity (Wildman–Crippen MR) is 134 cm³/mol. The third kappa shape index (κ3) is 5.64. The van der Waals surface area contributed by atoms with E-state index in [1.165, 1.54) is 30.3 Å². The fourth-order valence-electron chi connectivity index (χ4n) is 4.76. The van der Waals surface area contributed by atoms with Crippen LogP contribution < -0.4 is 9.47 Å². The van der Waals surface area contributed by atoms with E-state index in [0.29, 0.717) is 29.2 Å².